The maximum Gasteiger partial charge on any atom is 0.319 e. The summed E-state index contributed by atoms with van der Waals surface area (Å²) in [5, 5.41) is 9.92. The van der Waals surface area contributed by atoms with Crippen molar-refractivity contribution in [3.8, 4) is 23.2 Å². The minimum Gasteiger partial charge on any atom is -0.462 e. The van der Waals surface area contributed by atoms with Gasteiger partial charge in [0.2, 0.25) is 0 Å². The van der Waals surface area contributed by atoms with Gasteiger partial charge in [-0.1, -0.05) is 30.8 Å². The number of piperazine rings is 1. The second-order valence-corrected chi connectivity index (χ2v) is 12.4. The Hall–Kier alpha value is -4.17. The Morgan fingerprint density at radius 3 is 2.73 bits per heavy atom. The summed E-state index contributed by atoms with van der Waals surface area (Å²) < 4.78 is 50.4. The van der Waals surface area contributed by atoms with Crippen LogP contribution in [0.2, 0.25) is 0 Å². The standard InChI is InChI=1S/C33H33F3N6O2/c1-18(34)32(43)42-11-10-41(16-22(42)8-9-37)31-26-7-6-25(24-5-3-4-19-12-20-13-27(20)28(19)24)29(36)30(26)38-33(39-31)44-17-23-14-21(35)15-40(23)2/h3-7,20-23,27H,1,8,10-17H2,2H3/t20?,21-,22+,23+,27?/m1/s1. The molecule has 1 aromatic heterocycles. The molecule has 3 heterocycles. The van der Waals surface area contributed by atoms with Gasteiger partial charge in [0.05, 0.1) is 18.5 Å². The van der Waals surface area contributed by atoms with Gasteiger partial charge in [-0.3, -0.25) is 9.69 Å². The number of fused-ring (bicyclic) bond motifs is 4. The van der Waals surface area contributed by atoms with E-state index in [0.717, 1.165) is 18.4 Å². The molecule has 3 aromatic rings. The number of benzene rings is 2. The minimum atomic E-state index is -1.09. The predicted octanol–water partition coefficient (Wildman–Crippen LogP) is 4.93. The number of amides is 1. The van der Waals surface area contributed by atoms with Gasteiger partial charge in [0, 0.05) is 43.2 Å². The Kier molecular flexibility index (Phi) is 7.20. The quantitative estimate of drug-likeness (QED) is 0.355. The Balaban J connectivity index is 1.29. The van der Waals surface area contributed by atoms with Gasteiger partial charge in [-0.05, 0) is 60.9 Å². The van der Waals surface area contributed by atoms with Crippen LogP contribution in [0, 0.1) is 23.1 Å². The zero-order valence-electron chi connectivity index (χ0n) is 24.5. The largest absolute Gasteiger partial charge is 0.462 e. The molecule has 0 radical (unpaired) electrons. The highest BCUT2D eigenvalue weighted by Crippen LogP contribution is 2.58. The van der Waals surface area contributed by atoms with E-state index < -0.39 is 29.8 Å². The molecule has 44 heavy (non-hydrogen) atoms. The molecule has 2 aliphatic carbocycles. The van der Waals surface area contributed by atoms with Crippen molar-refractivity contribution in [1.82, 2.24) is 19.8 Å². The summed E-state index contributed by atoms with van der Waals surface area (Å²) >= 11 is 0. The van der Waals surface area contributed by atoms with E-state index in [1.165, 1.54) is 16.0 Å². The van der Waals surface area contributed by atoms with Gasteiger partial charge < -0.3 is 14.5 Å². The van der Waals surface area contributed by atoms with Crippen molar-refractivity contribution in [3.05, 3.63) is 59.7 Å². The van der Waals surface area contributed by atoms with E-state index in [0.29, 0.717) is 41.6 Å². The van der Waals surface area contributed by atoms with E-state index in [1.807, 2.05) is 35.0 Å². The average molecular weight is 603 g/mol. The number of anilines is 1. The fraction of sp³-hybridized carbons (Fsp3) is 0.455. The Morgan fingerprint density at radius 2 is 1.98 bits per heavy atom. The van der Waals surface area contributed by atoms with Crippen LogP contribution in [0.1, 0.15) is 36.3 Å². The number of carbonyl (C=O) groups is 1. The number of nitriles is 1. The van der Waals surface area contributed by atoms with Crippen LogP contribution in [0.25, 0.3) is 22.0 Å². The summed E-state index contributed by atoms with van der Waals surface area (Å²) in [6, 6.07) is 10.9. The van der Waals surface area contributed by atoms with Gasteiger partial charge in [0.1, 0.15) is 24.1 Å². The summed E-state index contributed by atoms with van der Waals surface area (Å²) in [4.78, 5) is 26.8. The molecule has 2 unspecified atom stereocenters. The number of carbonyl (C=O) groups excluding carboxylic acids is 1. The molecule has 2 aromatic carbocycles. The fourth-order valence-corrected chi connectivity index (χ4v) is 7.34. The third kappa shape index (κ3) is 4.95. The third-order valence-corrected chi connectivity index (χ3v) is 9.67. The van der Waals surface area contributed by atoms with Crippen LogP contribution < -0.4 is 9.64 Å². The molecular formula is C33H33F3N6O2. The molecule has 228 valence electrons. The van der Waals surface area contributed by atoms with Crippen molar-refractivity contribution >= 4 is 22.6 Å². The lowest BCUT2D eigenvalue weighted by Crippen LogP contribution is -2.55. The number of likely N-dealkylation sites (tertiary alicyclic amines) is 1. The van der Waals surface area contributed by atoms with Crippen LogP contribution in [0.3, 0.4) is 0 Å². The number of ether oxygens (including phenoxy) is 1. The summed E-state index contributed by atoms with van der Waals surface area (Å²) in [5.41, 5.74) is 3.94. The number of rotatable bonds is 7. The van der Waals surface area contributed by atoms with Crippen LogP contribution >= 0.6 is 0 Å². The van der Waals surface area contributed by atoms with Crippen molar-refractivity contribution in [3.63, 3.8) is 0 Å². The number of hydrogen-bond acceptors (Lipinski definition) is 7. The van der Waals surface area contributed by atoms with E-state index in [1.54, 1.807) is 6.07 Å². The second-order valence-electron chi connectivity index (χ2n) is 12.4. The van der Waals surface area contributed by atoms with Gasteiger partial charge in [0.25, 0.3) is 5.91 Å². The Morgan fingerprint density at radius 1 is 1.14 bits per heavy atom. The molecule has 1 amide bonds. The highest BCUT2D eigenvalue weighted by atomic mass is 19.1. The molecule has 2 aliphatic heterocycles. The smallest absolute Gasteiger partial charge is 0.319 e. The van der Waals surface area contributed by atoms with Crippen LogP contribution in [-0.2, 0) is 11.2 Å². The number of nitrogens with zero attached hydrogens (tertiary/aromatic N) is 6. The SMILES string of the molecule is C=C(F)C(=O)N1CCN(c2nc(OC[C@@H]3C[C@@H](F)CN3C)nc3c(F)c(-c4cccc5c4C4CC4C5)ccc23)C[C@@H]1CC#N. The maximum absolute atomic E-state index is 16.6. The molecule has 8 nitrogen and oxygen atoms in total. The van der Waals surface area contributed by atoms with Crippen LogP contribution in [-0.4, -0.2) is 83.8 Å². The number of likely N-dealkylation sites (N-methyl/N-ethyl adjacent to an activating group) is 1. The topological polar surface area (TPSA) is 85.6 Å². The molecule has 11 heteroatoms. The normalized spacial score (nSPS) is 25.9. The van der Waals surface area contributed by atoms with E-state index in [2.05, 4.69) is 28.7 Å². The van der Waals surface area contributed by atoms with Crippen molar-refractivity contribution in [2.45, 2.75) is 49.9 Å². The van der Waals surface area contributed by atoms with Crippen LogP contribution in [0.5, 0.6) is 6.01 Å². The first kappa shape index (κ1) is 28.6. The predicted molar refractivity (Wildman–Crippen MR) is 159 cm³/mol. The first-order chi connectivity index (χ1) is 21.2. The zero-order valence-corrected chi connectivity index (χ0v) is 24.5. The van der Waals surface area contributed by atoms with Crippen LogP contribution in [0.15, 0.2) is 42.7 Å². The van der Waals surface area contributed by atoms with Crippen molar-refractivity contribution in [2.24, 2.45) is 5.92 Å². The van der Waals surface area contributed by atoms with Crippen molar-refractivity contribution in [1.29, 1.82) is 5.26 Å². The number of halogens is 3. The van der Waals surface area contributed by atoms with Gasteiger partial charge in [0.15, 0.2) is 11.6 Å². The van der Waals surface area contributed by atoms with Gasteiger partial charge in [-0.15, -0.1) is 0 Å². The first-order valence-electron chi connectivity index (χ1n) is 15.1. The van der Waals surface area contributed by atoms with E-state index in [4.69, 9.17) is 4.74 Å². The summed E-state index contributed by atoms with van der Waals surface area (Å²) in [6.07, 6.45) is 1.50. The molecule has 7 rings (SSSR count). The lowest BCUT2D eigenvalue weighted by Gasteiger charge is -2.41. The fourth-order valence-electron chi connectivity index (χ4n) is 7.34. The van der Waals surface area contributed by atoms with Crippen molar-refractivity contribution in [2.75, 3.05) is 44.7 Å². The molecule has 4 aliphatic rings. The number of aromatic nitrogens is 2. The highest BCUT2D eigenvalue weighted by molar-refractivity contribution is 5.95. The van der Waals surface area contributed by atoms with E-state index >= 15 is 4.39 Å². The molecular weight excluding hydrogens is 569 g/mol. The molecule has 5 atom stereocenters. The van der Waals surface area contributed by atoms with Gasteiger partial charge >= 0.3 is 6.01 Å². The number of hydrogen-bond donors (Lipinski definition) is 0. The maximum atomic E-state index is 16.6. The Bertz CT molecular complexity index is 1710. The number of alkyl halides is 1. The third-order valence-electron chi connectivity index (χ3n) is 9.67. The first-order valence-corrected chi connectivity index (χ1v) is 15.1. The molecule has 0 bridgehead atoms. The summed E-state index contributed by atoms with van der Waals surface area (Å²) in [7, 11) is 1.83. The van der Waals surface area contributed by atoms with E-state index in [9.17, 15) is 18.8 Å². The lowest BCUT2D eigenvalue weighted by atomic mass is 9.93. The zero-order chi connectivity index (χ0) is 30.7. The molecule has 2 saturated heterocycles. The van der Waals surface area contributed by atoms with Crippen molar-refractivity contribution < 1.29 is 22.7 Å². The van der Waals surface area contributed by atoms with Gasteiger partial charge in [-0.2, -0.15) is 15.2 Å². The molecule has 1 saturated carbocycles. The summed E-state index contributed by atoms with van der Waals surface area (Å²) in [6.45, 7) is 4.14. The molecule has 0 N–H and O–H groups in total. The Labute approximate surface area is 253 Å². The minimum absolute atomic E-state index is 0.0277. The van der Waals surface area contributed by atoms with E-state index in [-0.39, 0.29) is 50.2 Å². The monoisotopic (exact) mass is 602 g/mol. The molecule has 0 spiro atoms. The lowest BCUT2D eigenvalue weighted by molar-refractivity contribution is -0.131. The van der Waals surface area contributed by atoms with Gasteiger partial charge in [-0.25, -0.2) is 13.2 Å². The van der Waals surface area contributed by atoms with Crippen LogP contribution in [0.4, 0.5) is 19.0 Å². The molecule has 3 fully saturated rings. The highest BCUT2D eigenvalue weighted by Gasteiger charge is 2.46. The second kappa shape index (κ2) is 11.1. The summed E-state index contributed by atoms with van der Waals surface area (Å²) in [5.74, 6) is -0.911. The average Bonchev–Trinajstić information content (AvgIpc) is 3.55.